The van der Waals surface area contributed by atoms with Crippen molar-refractivity contribution in [1.82, 2.24) is 19.1 Å². The summed E-state index contributed by atoms with van der Waals surface area (Å²) in [7, 11) is 0. The molecule has 0 aliphatic heterocycles. The Bertz CT molecular complexity index is 3830. The first-order valence-corrected chi connectivity index (χ1v) is 20.0. The molecule has 5 nitrogen and oxygen atoms in total. The molecule has 0 aliphatic carbocycles. The maximum absolute atomic E-state index is 6.51. The topological polar surface area (TPSA) is 48.8 Å². The molecule has 0 radical (unpaired) electrons. The van der Waals surface area contributed by atoms with Crippen LogP contribution < -0.4 is 0 Å². The van der Waals surface area contributed by atoms with Crippen LogP contribution in [0.3, 0.4) is 0 Å². The summed E-state index contributed by atoms with van der Waals surface area (Å²) in [5.41, 5.74) is 12.3. The highest BCUT2D eigenvalue weighted by molar-refractivity contribution is 6.33. The highest BCUT2D eigenvalue weighted by Gasteiger charge is 2.25. The van der Waals surface area contributed by atoms with E-state index in [9.17, 15) is 0 Å². The highest BCUT2D eigenvalue weighted by Crippen LogP contribution is 2.46. The average molecular weight is 753 g/mol. The van der Waals surface area contributed by atoms with Gasteiger partial charge in [-0.1, -0.05) is 146 Å². The largest absolute Gasteiger partial charge is 0.456 e. The van der Waals surface area contributed by atoms with Crippen LogP contribution in [0.15, 0.2) is 199 Å². The van der Waals surface area contributed by atoms with Crippen LogP contribution in [0.25, 0.3) is 121 Å². The van der Waals surface area contributed by atoms with E-state index in [1.54, 1.807) is 0 Å². The van der Waals surface area contributed by atoms with Gasteiger partial charge in [-0.05, 0) is 70.4 Å². The van der Waals surface area contributed by atoms with E-state index in [0.717, 1.165) is 99.0 Å². The SMILES string of the molecule is c1ccc(-c2ccc(-c3nc(-n4c5ccc6oc7ccccc7c6c5c5ccc6c(c7ccccc7n6-c6ccc7ccccc7c6)c54)nc4ccccc34)cc2)cc1. The Kier molecular flexibility index (Phi) is 6.66. The summed E-state index contributed by atoms with van der Waals surface area (Å²) in [4.78, 5) is 11.0. The summed E-state index contributed by atoms with van der Waals surface area (Å²) in [6.07, 6.45) is 0. The molecule has 4 aromatic heterocycles. The predicted molar refractivity (Wildman–Crippen MR) is 244 cm³/mol. The maximum Gasteiger partial charge on any atom is 0.235 e. The zero-order valence-corrected chi connectivity index (χ0v) is 31.7. The van der Waals surface area contributed by atoms with Gasteiger partial charge in [-0.15, -0.1) is 0 Å². The second kappa shape index (κ2) is 12.2. The summed E-state index contributed by atoms with van der Waals surface area (Å²) in [5.74, 6) is 0.619. The summed E-state index contributed by atoms with van der Waals surface area (Å²) < 4.78 is 11.2. The second-order valence-corrected chi connectivity index (χ2v) is 15.3. The Balaban J connectivity index is 1.17. The molecular formula is C54H32N4O. The summed E-state index contributed by atoms with van der Waals surface area (Å²) in [6.45, 7) is 0. The fourth-order valence-corrected chi connectivity index (χ4v) is 9.50. The van der Waals surface area contributed by atoms with Crippen molar-refractivity contribution < 1.29 is 4.42 Å². The van der Waals surface area contributed by atoms with Gasteiger partial charge >= 0.3 is 0 Å². The van der Waals surface area contributed by atoms with Crippen LogP contribution in [0.4, 0.5) is 0 Å². The Morgan fingerprint density at radius 3 is 1.93 bits per heavy atom. The Hall–Kier alpha value is -8.02. The molecular weight excluding hydrogens is 721 g/mol. The summed E-state index contributed by atoms with van der Waals surface area (Å²) in [5, 5.41) is 10.2. The zero-order valence-electron chi connectivity index (χ0n) is 31.7. The van der Waals surface area contributed by atoms with Crippen molar-refractivity contribution in [2.75, 3.05) is 0 Å². The van der Waals surface area contributed by atoms with Gasteiger partial charge in [-0.25, -0.2) is 9.97 Å². The van der Waals surface area contributed by atoms with Crippen LogP contribution in [-0.4, -0.2) is 19.1 Å². The van der Waals surface area contributed by atoms with Crippen LogP contribution in [0.1, 0.15) is 0 Å². The minimum absolute atomic E-state index is 0.619. The highest BCUT2D eigenvalue weighted by atomic mass is 16.3. The number of rotatable bonds is 4. The number of fused-ring (bicyclic) bond motifs is 13. The second-order valence-electron chi connectivity index (χ2n) is 15.3. The van der Waals surface area contributed by atoms with Crippen LogP contribution in [0.2, 0.25) is 0 Å². The zero-order chi connectivity index (χ0) is 38.6. The van der Waals surface area contributed by atoms with Crippen LogP contribution in [0, 0.1) is 0 Å². The lowest BCUT2D eigenvalue weighted by Crippen LogP contribution is -2.03. The van der Waals surface area contributed by atoms with Gasteiger partial charge in [0.2, 0.25) is 5.95 Å². The van der Waals surface area contributed by atoms with Gasteiger partial charge in [0.25, 0.3) is 0 Å². The monoisotopic (exact) mass is 752 g/mol. The fraction of sp³-hybridized carbons (Fsp3) is 0. The maximum atomic E-state index is 6.51. The van der Waals surface area contributed by atoms with Crippen LogP contribution >= 0.6 is 0 Å². The molecule has 9 aromatic carbocycles. The number of para-hydroxylation sites is 3. The lowest BCUT2D eigenvalue weighted by molar-refractivity contribution is 0.669. The molecule has 0 saturated heterocycles. The molecule has 0 bridgehead atoms. The normalized spacial score (nSPS) is 12.1. The molecule has 0 fully saturated rings. The van der Waals surface area contributed by atoms with Crippen molar-refractivity contribution >= 4 is 87.2 Å². The lowest BCUT2D eigenvalue weighted by Gasteiger charge is -2.13. The minimum atomic E-state index is 0.619. The minimum Gasteiger partial charge on any atom is -0.456 e. The van der Waals surface area contributed by atoms with Gasteiger partial charge in [0.05, 0.1) is 33.3 Å². The van der Waals surface area contributed by atoms with Crippen LogP contribution in [0.5, 0.6) is 0 Å². The van der Waals surface area contributed by atoms with E-state index in [-0.39, 0.29) is 0 Å². The van der Waals surface area contributed by atoms with Gasteiger partial charge in [0.15, 0.2) is 0 Å². The molecule has 59 heavy (non-hydrogen) atoms. The number of furan rings is 1. The lowest BCUT2D eigenvalue weighted by atomic mass is 10.0. The third kappa shape index (κ3) is 4.67. The molecule has 0 saturated carbocycles. The van der Waals surface area contributed by atoms with E-state index in [0.29, 0.717) is 5.95 Å². The Labute approximate surface area is 337 Å². The van der Waals surface area contributed by atoms with Gasteiger partial charge in [0, 0.05) is 49.0 Å². The predicted octanol–water partition coefficient (Wildman–Crippen LogP) is 14.2. The van der Waals surface area contributed by atoms with Crippen molar-refractivity contribution in [3.8, 4) is 34.0 Å². The molecule has 0 spiro atoms. The first-order chi connectivity index (χ1) is 29.3. The van der Waals surface area contributed by atoms with E-state index in [1.165, 1.54) is 16.3 Å². The van der Waals surface area contributed by atoms with Crippen molar-refractivity contribution in [3.05, 3.63) is 194 Å². The Morgan fingerprint density at radius 2 is 1.05 bits per heavy atom. The van der Waals surface area contributed by atoms with Crippen molar-refractivity contribution in [2.45, 2.75) is 0 Å². The first kappa shape index (κ1) is 32.1. The standard InChI is InChI=1S/C54H32N4O/c1-2-12-33(13-3-1)35-22-24-36(25-23-35)52-39-16-6-9-19-43(39)55-54(56-52)58-45-30-31-48-51(41-18-8-11-21-47(41)59-48)49(45)42-28-29-46-50(53(42)58)40-17-7-10-20-44(40)57(46)38-27-26-34-14-4-5-15-37(34)32-38/h1-32H. The van der Waals surface area contributed by atoms with E-state index >= 15 is 0 Å². The molecule has 4 heterocycles. The molecule has 13 aromatic rings. The fourth-order valence-electron chi connectivity index (χ4n) is 9.50. The van der Waals surface area contributed by atoms with Crippen LogP contribution in [-0.2, 0) is 0 Å². The Morgan fingerprint density at radius 1 is 0.373 bits per heavy atom. The van der Waals surface area contributed by atoms with Gasteiger partial charge < -0.3 is 8.98 Å². The van der Waals surface area contributed by atoms with Gasteiger partial charge in [-0.3, -0.25) is 4.57 Å². The number of hydrogen-bond acceptors (Lipinski definition) is 3. The third-order valence-electron chi connectivity index (χ3n) is 12.1. The number of aromatic nitrogens is 4. The van der Waals surface area contributed by atoms with Crippen molar-refractivity contribution in [2.24, 2.45) is 0 Å². The first-order valence-electron chi connectivity index (χ1n) is 20.0. The molecule has 0 amide bonds. The number of nitrogens with zero attached hydrogens (tertiary/aromatic N) is 4. The molecule has 0 N–H and O–H groups in total. The van der Waals surface area contributed by atoms with E-state index in [2.05, 4.69) is 197 Å². The number of hydrogen-bond donors (Lipinski definition) is 0. The molecule has 0 unspecified atom stereocenters. The molecule has 5 heteroatoms. The molecule has 274 valence electrons. The average Bonchev–Trinajstić information content (AvgIpc) is 3.96. The van der Waals surface area contributed by atoms with Gasteiger partial charge in [0.1, 0.15) is 11.2 Å². The smallest absolute Gasteiger partial charge is 0.235 e. The van der Waals surface area contributed by atoms with Crippen molar-refractivity contribution in [1.29, 1.82) is 0 Å². The molecule has 13 rings (SSSR count). The number of benzene rings is 9. The quantitative estimate of drug-likeness (QED) is 0.180. The van der Waals surface area contributed by atoms with Gasteiger partial charge in [-0.2, -0.15) is 0 Å². The van der Waals surface area contributed by atoms with E-state index in [4.69, 9.17) is 14.4 Å². The molecule has 0 atom stereocenters. The molecule has 0 aliphatic rings. The van der Waals surface area contributed by atoms with E-state index in [1.807, 2.05) is 6.07 Å². The summed E-state index contributed by atoms with van der Waals surface area (Å²) >= 11 is 0. The third-order valence-corrected chi connectivity index (χ3v) is 12.1. The van der Waals surface area contributed by atoms with Crippen molar-refractivity contribution in [3.63, 3.8) is 0 Å². The summed E-state index contributed by atoms with van der Waals surface area (Å²) in [6, 6.07) is 68.9. The van der Waals surface area contributed by atoms with E-state index < -0.39 is 0 Å².